The molecular formula is C41H46N5O5+. The number of carboxylic acid groups (broad SMARTS) is 1. The predicted molar refractivity (Wildman–Crippen MR) is 201 cm³/mol. The number of unbranched alkanes of at least 4 members (excludes halogenated alkanes) is 1. The number of rotatable bonds is 14. The van der Waals surface area contributed by atoms with Crippen LogP contribution in [0.2, 0.25) is 0 Å². The fourth-order valence-corrected chi connectivity index (χ4v) is 6.90. The van der Waals surface area contributed by atoms with Crippen LogP contribution in [0.25, 0.3) is 32.9 Å². The Labute approximate surface area is 298 Å². The Morgan fingerprint density at radius 3 is 1.90 bits per heavy atom. The number of aromatic nitrogens is 1. The molecule has 1 atom stereocenters. The summed E-state index contributed by atoms with van der Waals surface area (Å²) in [5, 5.41) is 17.5. The topological polar surface area (TPSA) is 115 Å². The van der Waals surface area contributed by atoms with Gasteiger partial charge in [0.2, 0.25) is 16.9 Å². The van der Waals surface area contributed by atoms with Crippen molar-refractivity contribution in [2.24, 2.45) is 0 Å². The summed E-state index contributed by atoms with van der Waals surface area (Å²) in [7, 11) is 8.15. The zero-order valence-electron chi connectivity index (χ0n) is 29.7. The van der Waals surface area contributed by atoms with E-state index in [1.165, 1.54) is 10.8 Å². The Hall–Kier alpha value is -5.64. The van der Waals surface area contributed by atoms with Gasteiger partial charge < -0.3 is 30.3 Å². The molecule has 264 valence electrons. The van der Waals surface area contributed by atoms with Crippen molar-refractivity contribution in [3.05, 3.63) is 102 Å². The number of carbonyl (C=O) groups is 3. The number of amides is 2. The molecule has 0 aliphatic heterocycles. The van der Waals surface area contributed by atoms with E-state index in [2.05, 4.69) is 67.5 Å². The van der Waals surface area contributed by atoms with E-state index in [4.69, 9.17) is 4.74 Å². The summed E-state index contributed by atoms with van der Waals surface area (Å²) in [5.41, 5.74) is 8.90. The lowest BCUT2D eigenvalue weighted by molar-refractivity contribution is -0.645. The van der Waals surface area contributed by atoms with Crippen LogP contribution in [0.3, 0.4) is 0 Å². The summed E-state index contributed by atoms with van der Waals surface area (Å²) in [6.45, 7) is 1.31. The first kappa shape index (κ1) is 35.2. The lowest BCUT2D eigenvalue weighted by Crippen LogP contribution is -2.42. The highest BCUT2D eigenvalue weighted by molar-refractivity contribution is 5.91. The third kappa shape index (κ3) is 7.90. The number of anilines is 2. The van der Waals surface area contributed by atoms with Crippen LogP contribution >= 0.6 is 0 Å². The maximum atomic E-state index is 12.7. The zero-order chi connectivity index (χ0) is 36.1. The highest BCUT2D eigenvalue weighted by Crippen LogP contribution is 2.44. The summed E-state index contributed by atoms with van der Waals surface area (Å²) >= 11 is 0. The second-order valence-electron chi connectivity index (χ2n) is 13.5. The van der Waals surface area contributed by atoms with Crippen LogP contribution in [0.15, 0.2) is 91.0 Å². The molecule has 0 bridgehead atoms. The quantitative estimate of drug-likeness (QED) is 0.0736. The molecule has 0 radical (unpaired) electrons. The lowest BCUT2D eigenvalue weighted by atomic mass is 9.98. The molecule has 1 aliphatic carbocycles. The number of nitrogens with zero attached hydrogens (tertiary/aromatic N) is 3. The van der Waals surface area contributed by atoms with Gasteiger partial charge in [-0.15, -0.1) is 0 Å². The first-order valence-corrected chi connectivity index (χ1v) is 17.5. The van der Waals surface area contributed by atoms with Crippen molar-refractivity contribution in [1.29, 1.82) is 0 Å². The average molecular weight is 689 g/mol. The van der Waals surface area contributed by atoms with Crippen LogP contribution in [0, 0.1) is 0 Å². The van der Waals surface area contributed by atoms with E-state index in [1.54, 1.807) is 0 Å². The molecule has 51 heavy (non-hydrogen) atoms. The molecule has 1 aromatic heterocycles. The summed E-state index contributed by atoms with van der Waals surface area (Å²) in [4.78, 5) is 41.6. The minimum absolute atomic E-state index is 0.0377. The maximum absolute atomic E-state index is 12.7. The number of alkyl carbamates (subject to hydrolysis) is 1. The monoisotopic (exact) mass is 688 g/mol. The second-order valence-corrected chi connectivity index (χ2v) is 13.5. The fraction of sp³-hybridized carbons (Fsp3) is 0.317. The minimum atomic E-state index is -1.25. The van der Waals surface area contributed by atoms with Crippen molar-refractivity contribution >= 4 is 51.2 Å². The predicted octanol–water partition coefficient (Wildman–Crippen LogP) is 6.08. The Morgan fingerprint density at radius 1 is 0.784 bits per heavy atom. The number of pyridine rings is 1. The molecule has 10 nitrogen and oxygen atoms in total. The van der Waals surface area contributed by atoms with Crippen molar-refractivity contribution in [2.45, 2.75) is 44.2 Å². The van der Waals surface area contributed by atoms with Gasteiger partial charge in [-0.1, -0.05) is 48.5 Å². The molecule has 6 rings (SSSR count). The number of hydrogen-bond donors (Lipinski definition) is 3. The van der Waals surface area contributed by atoms with E-state index in [0.717, 1.165) is 64.0 Å². The third-order valence-electron chi connectivity index (χ3n) is 9.68. The summed E-state index contributed by atoms with van der Waals surface area (Å²) in [6.07, 6.45) is 0.671. The molecule has 0 saturated carbocycles. The first-order valence-electron chi connectivity index (χ1n) is 17.5. The number of ether oxygens (including phenoxy) is 1. The Balaban J connectivity index is 1.000. The molecule has 1 unspecified atom stereocenters. The lowest BCUT2D eigenvalue weighted by Gasteiger charge is -2.17. The number of aliphatic carboxylic acids is 1. The SMILES string of the molecule is CN(C)c1ccc2cc3ccc(N(C)C)cc3[n+](CCCCNC(=O)CCC(NC(=O)OCC3c4ccccc4-c4ccccc43)C(=O)O)c2c1. The van der Waals surface area contributed by atoms with Crippen LogP contribution < -0.4 is 25.0 Å². The molecule has 3 N–H and O–H groups in total. The van der Waals surface area contributed by atoms with Gasteiger partial charge in [0.25, 0.3) is 0 Å². The van der Waals surface area contributed by atoms with E-state index in [9.17, 15) is 19.5 Å². The van der Waals surface area contributed by atoms with Gasteiger partial charge in [-0.3, -0.25) is 4.79 Å². The van der Waals surface area contributed by atoms with Gasteiger partial charge >= 0.3 is 12.1 Å². The van der Waals surface area contributed by atoms with E-state index in [1.807, 2.05) is 76.7 Å². The number of benzene rings is 4. The molecule has 1 heterocycles. The fourth-order valence-electron chi connectivity index (χ4n) is 6.90. The molecule has 5 aromatic rings. The zero-order valence-corrected chi connectivity index (χ0v) is 29.7. The van der Waals surface area contributed by atoms with Gasteiger partial charge in [0.1, 0.15) is 19.2 Å². The standard InChI is InChI=1S/C41H45N5O5/c1-44(2)29-17-15-27-23-28-16-18-30(45(3)4)25-38(28)46(37(27)24-29)22-10-9-21-42-39(47)20-19-36(40(48)49)43-41(50)51-26-35-33-13-7-5-11-31(33)32-12-6-8-14-34(32)35/h5-8,11-18,23-25,35-36H,9-10,19-22,26H2,1-4H3,(H2-,42,43,47,48,49,50)/p+1. The smallest absolute Gasteiger partial charge is 0.407 e. The number of carboxylic acids is 1. The summed E-state index contributed by atoms with van der Waals surface area (Å²) < 4.78 is 7.88. The first-order chi connectivity index (χ1) is 24.6. The van der Waals surface area contributed by atoms with Crippen LogP contribution in [-0.2, 0) is 20.9 Å². The maximum Gasteiger partial charge on any atom is 0.407 e. The van der Waals surface area contributed by atoms with Crippen LogP contribution in [0.4, 0.5) is 16.2 Å². The van der Waals surface area contributed by atoms with Gasteiger partial charge in [0.15, 0.2) is 0 Å². The van der Waals surface area contributed by atoms with Gasteiger partial charge in [-0.2, -0.15) is 4.57 Å². The van der Waals surface area contributed by atoms with Gasteiger partial charge in [-0.05, 0) is 65.4 Å². The van der Waals surface area contributed by atoms with Crippen LogP contribution in [-0.4, -0.2) is 70.5 Å². The van der Waals surface area contributed by atoms with Crippen molar-refractivity contribution in [3.8, 4) is 11.1 Å². The van der Waals surface area contributed by atoms with Gasteiger partial charge in [0.05, 0.1) is 0 Å². The molecule has 10 heteroatoms. The number of aryl methyl sites for hydroxylation is 1. The Kier molecular flexibility index (Phi) is 10.7. The summed E-state index contributed by atoms with van der Waals surface area (Å²) in [6, 6.07) is 30.0. The highest BCUT2D eigenvalue weighted by atomic mass is 16.5. The minimum Gasteiger partial charge on any atom is -0.480 e. The van der Waals surface area contributed by atoms with Crippen molar-refractivity contribution in [1.82, 2.24) is 10.6 Å². The molecule has 2 amide bonds. The van der Waals surface area contributed by atoms with Crippen LogP contribution in [0.5, 0.6) is 0 Å². The van der Waals surface area contributed by atoms with Crippen molar-refractivity contribution in [2.75, 3.05) is 51.1 Å². The Morgan fingerprint density at radius 2 is 1.35 bits per heavy atom. The number of nitrogens with one attached hydrogen (secondary N) is 2. The van der Waals surface area contributed by atoms with Gasteiger partial charge in [0, 0.05) is 87.8 Å². The second kappa shape index (κ2) is 15.5. The molecular weight excluding hydrogens is 642 g/mol. The Bertz CT molecular complexity index is 1970. The molecule has 0 fully saturated rings. The van der Waals surface area contributed by atoms with E-state index >= 15 is 0 Å². The van der Waals surface area contributed by atoms with Crippen molar-refractivity contribution < 1.29 is 28.8 Å². The largest absolute Gasteiger partial charge is 0.480 e. The number of fused-ring (bicyclic) bond motifs is 5. The third-order valence-corrected chi connectivity index (χ3v) is 9.68. The van der Waals surface area contributed by atoms with E-state index in [-0.39, 0.29) is 31.3 Å². The molecule has 4 aromatic carbocycles. The van der Waals surface area contributed by atoms with Crippen LogP contribution in [0.1, 0.15) is 42.7 Å². The summed E-state index contributed by atoms with van der Waals surface area (Å²) in [5.74, 6) is -1.61. The number of hydrogen-bond acceptors (Lipinski definition) is 6. The van der Waals surface area contributed by atoms with E-state index in [0.29, 0.717) is 6.54 Å². The normalized spacial score (nSPS) is 12.6. The number of carbonyl (C=O) groups excluding carboxylic acids is 2. The molecule has 0 saturated heterocycles. The van der Waals surface area contributed by atoms with Crippen molar-refractivity contribution in [3.63, 3.8) is 0 Å². The van der Waals surface area contributed by atoms with Gasteiger partial charge in [-0.25, -0.2) is 9.59 Å². The average Bonchev–Trinajstić information content (AvgIpc) is 3.44. The highest BCUT2D eigenvalue weighted by Gasteiger charge is 2.30. The van der Waals surface area contributed by atoms with E-state index < -0.39 is 18.1 Å². The molecule has 1 aliphatic rings. The molecule has 0 spiro atoms.